The van der Waals surface area contributed by atoms with E-state index in [9.17, 15) is 29.4 Å². The van der Waals surface area contributed by atoms with E-state index in [1.54, 1.807) is 62.3 Å². The summed E-state index contributed by atoms with van der Waals surface area (Å²) in [5.74, 6) is -8.55. The fourth-order valence-corrected chi connectivity index (χ4v) is 4.63. The van der Waals surface area contributed by atoms with E-state index >= 15 is 0 Å². The molecule has 29 heavy (non-hydrogen) atoms. The van der Waals surface area contributed by atoms with Gasteiger partial charge in [-0.3, -0.25) is 19.2 Å². The number of ether oxygens (including phenoxy) is 1. The average molecular weight is 414 g/mol. The van der Waals surface area contributed by atoms with Gasteiger partial charge < -0.3 is 20.7 Å². The van der Waals surface area contributed by atoms with E-state index in [1.807, 2.05) is 0 Å². The molecule has 1 aliphatic rings. The number of carbonyl (C=O) groups excluding carboxylic acids is 2. The molecule has 4 atom stereocenters. The molecule has 8 heteroatoms. The van der Waals surface area contributed by atoms with E-state index in [0.717, 1.165) is 0 Å². The first-order chi connectivity index (χ1) is 12.7. The van der Waals surface area contributed by atoms with Gasteiger partial charge in [-0.2, -0.15) is 0 Å². The topological polar surface area (TPSA) is 144 Å². The molecule has 1 fully saturated rings. The Morgan fingerprint density at radius 2 is 1.21 bits per heavy atom. The van der Waals surface area contributed by atoms with Gasteiger partial charge in [0.15, 0.2) is 0 Å². The smallest absolute Gasteiger partial charge is 0.319 e. The minimum atomic E-state index is -1.33. The van der Waals surface area contributed by atoms with Crippen LogP contribution in [0.2, 0.25) is 0 Å². The molecule has 0 bridgehead atoms. The summed E-state index contributed by atoms with van der Waals surface area (Å²) in [6, 6.07) is 0. The molecule has 0 saturated carbocycles. The van der Waals surface area contributed by atoms with Crippen molar-refractivity contribution in [3.63, 3.8) is 0 Å². The Labute approximate surface area is 172 Å². The van der Waals surface area contributed by atoms with Crippen LogP contribution in [0.25, 0.3) is 0 Å². The fourth-order valence-electron chi connectivity index (χ4n) is 4.63. The zero-order chi connectivity index (χ0) is 23.3. The van der Waals surface area contributed by atoms with E-state index in [0.29, 0.717) is 0 Å². The highest BCUT2D eigenvalue weighted by molar-refractivity contribution is 5.98. The van der Waals surface area contributed by atoms with Crippen LogP contribution in [0.5, 0.6) is 0 Å². The molecule has 166 valence electrons. The predicted octanol–water partition coefficient (Wildman–Crippen LogP) is 2.54. The second kappa shape index (κ2) is 7.38. The lowest BCUT2D eigenvalue weighted by molar-refractivity contribution is -0.174. The number of carbonyl (C=O) groups is 4. The number of rotatable bonds is 7. The number of aliphatic carboxylic acids is 2. The van der Waals surface area contributed by atoms with Gasteiger partial charge in [0, 0.05) is 5.54 Å². The van der Waals surface area contributed by atoms with E-state index in [-0.39, 0.29) is 0 Å². The molecule has 0 aromatic carbocycles. The van der Waals surface area contributed by atoms with Crippen LogP contribution >= 0.6 is 0 Å². The van der Waals surface area contributed by atoms with Crippen LogP contribution in [0, 0.1) is 39.9 Å². The van der Waals surface area contributed by atoms with Gasteiger partial charge in [-0.25, -0.2) is 0 Å². The summed E-state index contributed by atoms with van der Waals surface area (Å²) in [6.07, 6.45) is 0. The second-order valence-corrected chi connectivity index (χ2v) is 11.0. The molecular formula is C21H35NO7. The molecule has 4 N–H and O–H groups in total. The number of esters is 2. The Bertz CT molecular complexity index is 710. The first kappa shape index (κ1) is 25.1. The van der Waals surface area contributed by atoms with Crippen molar-refractivity contribution in [2.45, 2.75) is 67.9 Å². The van der Waals surface area contributed by atoms with E-state index in [1.165, 1.54) is 0 Å². The van der Waals surface area contributed by atoms with E-state index < -0.39 is 69.3 Å². The lowest BCUT2D eigenvalue weighted by atomic mass is 9.49. The van der Waals surface area contributed by atoms with Gasteiger partial charge in [-0.1, -0.05) is 48.5 Å². The molecule has 0 radical (unpaired) electrons. The number of carboxylic acids is 2. The molecule has 1 aliphatic heterocycles. The standard InChI is InChI=1S/C21H35NO7/c1-18(2,3)10(14(23)24)11(15(25)26)19(4,5)20(6,7)12-13(21(8,9)22)17(28)29-16(12)27/h10-13H,22H2,1-9H3,(H,23,24)(H,25,26). The number of cyclic esters (lactones) is 2. The van der Waals surface area contributed by atoms with Crippen molar-refractivity contribution in [1.29, 1.82) is 0 Å². The Balaban J connectivity index is 3.67. The molecule has 0 aliphatic carbocycles. The Hall–Kier alpha value is -1.96. The number of hydrogen-bond donors (Lipinski definition) is 3. The zero-order valence-corrected chi connectivity index (χ0v) is 18.8. The lowest BCUT2D eigenvalue weighted by Gasteiger charge is -2.52. The van der Waals surface area contributed by atoms with E-state index in [4.69, 9.17) is 10.5 Å². The van der Waals surface area contributed by atoms with Crippen molar-refractivity contribution in [2.24, 2.45) is 45.7 Å². The Kier molecular flexibility index (Phi) is 6.38. The Morgan fingerprint density at radius 1 is 0.828 bits per heavy atom. The van der Waals surface area contributed by atoms with Gasteiger partial charge >= 0.3 is 23.9 Å². The van der Waals surface area contributed by atoms with Crippen molar-refractivity contribution in [3.8, 4) is 0 Å². The highest BCUT2D eigenvalue weighted by Gasteiger charge is 2.64. The zero-order valence-electron chi connectivity index (χ0n) is 18.8. The maximum Gasteiger partial charge on any atom is 0.319 e. The minimum absolute atomic E-state index is 0.742. The molecule has 1 saturated heterocycles. The number of nitrogens with two attached hydrogens (primary N) is 1. The second-order valence-electron chi connectivity index (χ2n) is 11.0. The van der Waals surface area contributed by atoms with Crippen molar-refractivity contribution in [1.82, 2.24) is 0 Å². The van der Waals surface area contributed by atoms with Gasteiger partial charge in [-0.05, 0) is 30.1 Å². The number of carboxylic acid groups (broad SMARTS) is 2. The van der Waals surface area contributed by atoms with Gasteiger partial charge in [-0.15, -0.1) is 0 Å². The molecule has 0 aromatic heterocycles. The van der Waals surface area contributed by atoms with Gasteiger partial charge in [0.25, 0.3) is 0 Å². The third-order valence-corrected chi connectivity index (χ3v) is 6.86. The molecule has 0 spiro atoms. The molecule has 1 rings (SSSR count). The first-order valence-electron chi connectivity index (χ1n) is 9.69. The van der Waals surface area contributed by atoms with Crippen molar-refractivity contribution < 1.29 is 34.1 Å². The third-order valence-electron chi connectivity index (χ3n) is 6.86. The maximum absolute atomic E-state index is 12.7. The van der Waals surface area contributed by atoms with Crippen LogP contribution < -0.4 is 5.73 Å². The van der Waals surface area contributed by atoms with Crippen LogP contribution in [-0.2, 0) is 23.9 Å². The quantitative estimate of drug-likeness (QED) is 0.426. The molecule has 0 amide bonds. The van der Waals surface area contributed by atoms with E-state index in [2.05, 4.69) is 0 Å². The number of hydrogen-bond acceptors (Lipinski definition) is 6. The monoisotopic (exact) mass is 413 g/mol. The summed E-state index contributed by atoms with van der Waals surface area (Å²) in [6.45, 7) is 14.8. The lowest BCUT2D eigenvalue weighted by Crippen LogP contribution is -2.57. The van der Waals surface area contributed by atoms with Gasteiger partial charge in [0.1, 0.15) is 0 Å². The van der Waals surface area contributed by atoms with Crippen LogP contribution in [0.4, 0.5) is 0 Å². The minimum Gasteiger partial charge on any atom is -0.481 e. The average Bonchev–Trinajstić information content (AvgIpc) is 2.76. The third kappa shape index (κ3) is 4.32. The largest absolute Gasteiger partial charge is 0.481 e. The maximum atomic E-state index is 12.7. The summed E-state index contributed by atoms with van der Waals surface area (Å²) in [7, 11) is 0. The van der Waals surface area contributed by atoms with Gasteiger partial charge in [0.2, 0.25) is 0 Å². The predicted molar refractivity (Wildman–Crippen MR) is 106 cm³/mol. The highest BCUT2D eigenvalue weighted by Crippen LogP contribution is 2.57. The summed E-state index contributed by atoms with van der Waals surface area (Å²) >= 11 is 0. The van der Waals surface area contributed by atoms with Crippen molar-refractivity contribution in [2.75, 3.05) is 0 Å². The highest BCUT2D eigenvalue weighted by atomic mass is 16.6. The Morgan fingerprint density at radius 3 is 1.52 bits per heavy atom. The summed E-state index contributed by atoms with van der Waals surface area (Å²) in [5, 5.41) is 19.9. The van der Waals surface area contributed by atoms with Crippen LogP contribution in [0.3, 0.4) is 0 Å². The molecular weight excluding hydrogens is 378 g/mol. The van der Waals surface area contributed by atoms with Crippen LogP contribution in [0.1, 0.15) is 62.3 Å². The SMILES string of the molecule is CC(C)(C)C(C(=O)O)C(C(=O)O)C(C)(C)C(C)(C)C1C(=O)OC(=O)C1C(C)(C)N. The molecule has 8 nitrogen and oxygen atoms in total. The van der Waals surface area contributed by atoms with Gasteiger partial charge in [0.05, 0.1) is 23.7 Å². The van der Waals surface area contributed by atoms with Crippen LogP contribution in [0.15, 0.2) is 0 Å². The normalized spacial score (nSPS) is 23.5. The van der Waals surface area contributed by atoms with Crippen molar-refractivity contribution >= 4 is 23.9 Å². The van der Waals surface area contributed by atoms with Crippen molar-refractivity contribution in [3.05, 3.63) is 0 Å². The summed E-state index contributed by atoms with van der Waals surface area (Å²) in [4.78, 5) is 49.5. The van der Waals surface area contributed by atoms with Crippen LogP contribution in [-0.4, -0.2) is 39.6 Å². The summed E-state index contributed by atoms with van der Waals surface area (Å²) < 4.78 is 4.89. The molecule has 0 aromatic rings. The first-order valence-corrected chi connectivity index (χ1v) is 9.69. The molecule has 1 heterocycles. The summed E-state index contributed by atoms with van der Waals surface area (Å²) in [5.41, 5.74) is 1.89. The molecule has 4 unspecified atom stereocenters. The fraction of sp³-hybridized carbons (Fsp3) is 0.810.